The number of hydrogen-bond acceptors (Lipinski definition) is 6. The minimum absolute atomic E-state index is 0.215. The van der Waals surface area contributed by atoms with Crippen molar-refractivity contribution in [2.45, 2.75) is 13.8 Å². The second-order valence-electron chi connectivity index (χ2n) is 5.99. The maximum absolute atomic E-state index is 12.4. The van der Waals surface area contributed by atoms with E-state index < -0.39 is 17.8 Å². The highest BCUT2D eigenvalue weighted by Crippen LogP contribution is 2.17. The number of benzene rings is 2. The van der Waals surface area contributed by atoms with Gasteiger partial charge in [-0.15, -0.1) is 0 Å². The molecule has 0 saturated carbocycles. The summed E-state index contributed by atoms with van der Waals surface area (Å²) >= 11 is 0. The molecule has 29 heavy (non-hydrogen) atoms. The smallest absolute Gasteiger partial charge is 0.338 e. The van der Waals surface area contributed by atoms with Gasteiger partial charge in [0, 0.05) is 18.3 Å². The van der Waals surface area contributed by atoms with Crippen LogP contribution in [-0.4, -0.2) is 44.0 Å². The number of anilines is 2. The van der Waals surface area contributed by atoms with Crippen LogP contribution in [0, 0.1) is 0 Å². The van der Waals surface area contributed by atoms with Crippen molar-refractivity contribution in [3.63, 3.8) is 0 Å². The Labute approximate surface area is 168 Å². The zero-order valence-corrected chi connectivity index (χ0v) is 16.4. The van der Waals surface area contributed by atoms with E-state index in [1.807, 2.05) is 0 Å². The lowest BCUT2D eigenvalue weighted by Gasteiger charge is -2.21. The Hall–Kier alpha value is -3.68. The number of carbonyl (C=O) groups excluding carboxylic acids is 4. The molecule has 0 aromatic heterocycles. The number of hydrogen-bond donors (Lipinski definition) is 1. The van der Waals surface area contributed by atoms with Crippen molar-refractivity contribution in [2.24, 2.45) is 0 Å². The van der Waals surface area contributed by atoms with Gasteiger partial charge in [-0.25, -0.2) is 9.59 Å². The summed E-state index contributed by atoms with van der Waals surface area (Å²) in [6.07, 6.45) is 0. The second-order valence-corrected chi connectivity index (χ2v) is 5.99. The maximum Gasteiger partial charge on any atom is 0.338 e. The van der Waals surface area contributed by atoms with Crippen LogP contribution in [0.3, 0.4) is 0 Å². The molecule has 0 spiro atoms. The molecule has 2 amide bonds. The van der Waals surface area contributed by atoms with Gasteiger partial charge < -0.3 is 19.7 Å². The number of esters is 2. The Morgan fingerprint density at radius 1 is 0.897 bits per heavy atom. The largest absolute Gasteiger partial charge is 0.465 e. The average molecular weight is 398 g/mol. The van der Waals surface area contributed by atoms with Gasteiger partial charge in [0.15, 0.2) is 0 Å². The molecule has 2 rings (SSSR count). The lowest BCUT2D eigenvalue weighted by molar-refractivity contribution is -0.120. The van der Waals surface area contributed by atoms with Crippen LogP contribution in [0.2, 0.25) is 0 Å². The Morgan fingerprint density at radius 2 is 1.45 bits per heavy atom. The van der Waals surface area contributed by atoms with Crippen LogP contribution >= 0.6 is 0 Å². The SMILES string of the molecule is CCOC(=O)c1ccc(N(CC(=O)Nc2ccc(C(=O)OC)cc2)C(C)=O)cc1. The summed E-state index contributed by atoms with van der Waals surface area (Å²) < 4.78 is 9.55. The van der Waals surface area contributed by atoms with Crippen molar-refractivity contribution in [3.8, 4) is 0 Å². The first kappa shape index (κ1) is 21.6. The van der Waals surface area contributed by atoms with Crippen molar-refractivity contribution < 1.29 is 28.7 Å². The minimum Gasteiger partial charge on any atom is -0.465 e. The van der Waals surface area contributed by atoms with Crippen LogP contribution in [0.4, 0.5) is 11.4 Å². The van der Waals surface area contributed by atoms with Crippen molar-refractivity contribution in [2.75, 3.05) is 30.5 Å². The van der Waals surface area contributed by atoms with Crippen LogP contribution in [0.15, 0.2) is 48.5 Å². The predicted molar refractivity (Wildman–Crippen MR) is 107 cm³/mol. The van der Waals surface area contributed by atoms with Crippen molar-refractivity contribution in [1.82, 2.24) is 0 Å². The molecule has 0 saturated heterocycles. The summed E-state index contributed by atoms with van der Waals surface area (Å²) in [4.78, 5) is 48.8. The van der Waals surface area contributed by atoms with Gasteiger partial charge >= 0.3 is 11.9 Å². The number of methoxy groups -OCH3 is 1. The van der Waals surface area contributed by atoms with Gasteiger partial charge in [0.1, 0.15) is 6.54 Å². The fourth-order valence-corrected chi connectivity index (χ4v) is 2.53. The Kier molecular flexibility index (Phi) is 7.47. The van der Waals surface area contributed by atoms with Gasteiger partial charge in [0.2, 0.25) is 11.8 Å². The van der Waals surface area contributed by atoms with E-state index in [2.05, 4.69) is 10.1 Å². The molecule has 2 aromatic rings. The highest BCUT2D eigenvalue weighted by atomic mass is 16.5. The standard InChI is InChI=1S/C21H22N2O6/c1-4-29-21(27)16-7-11-18(12-8-16)23(14(2)24)13-19(25)22-17-9-5-15(6-10-17)20(26)28-3/h5-12H,4,13H2,1-3H3,(H,22,25). The van der Waals surface area contributed by atoms with Crippen molar-refractivity contribution >= 4 is 35.1 Å². The van der Waals surface area contributed by atoms with E-state index in [-0.39, 0.29) is 19.1 Å². The van der Waals surface area contributed by atoms with E-state index in [4.69, 9.17) is 4.74 Å². The number of rotatable bonds is 7. The number of nitrogens with zero attached hydrogens (tertiary/aromatic N) is 1. The third-order valence-corrected chi connectivity index (χ3v) is 3.96. The lowest BCUT2D eigenvalue weighted by Crippen LogP contribution is -2.36. The quantitative estimate of drug-likeness (QED) is 0.720. The highest BCUT2D eigenvalue weighted by molar-refractivity contribution is 6.02. The summed E-state index contributed by atoms with van der Waals surface area (Å²) in [5, 5.41) is 2.67. The summed E-state index contributed by atoms with van der Waals surface area (Å²) in [7, 11) is 1.29. The maximum atomic E-state index is 12.4. The molecule has 0 atom stereocenters. The normalized spacial score (nSPS) is 10.0. The molecule has 152 valence electrons. The highest BCUT2D eigenvalue weighted by Gasteiger charge is 2.17. The number of ether oxygens (including phenoxy) is 2. The molecule has 1 N–H and O–H groups in total. The van der Waals surface area contributed by atoms with Gasteiger partial charge in [-0.1, -0.05) is 0 Å². The first-order valence-corrected chi connectivity index (χ1v) is 8.89. The van der Waals surface area contributed by atoms with Crippen molar-refractivity contribution in [1.29, 1.82) is 0 Å². The zero-order chi connectivity index (χ0) is 21.4. The zero-order valence-electron chi connectivity index (χ0n) is 16.4. The van der Waals surface area contributed by atoms with Gasteiger partial charge in [0.25, 0.3) is 0 Å². The van der Waals surface area contributed by atoms with Crippen LogP contribution in [-0.2, 0) is 19.1 Å². The molecule has 8 heteroatoms. The molecule has 0 fully saturated rings. The first-order chi connectivity index (χ1) is 13.8. The molecule has 0 bridgehead atoms. The van der Waals surface area contributed by atoms with E-state index in [0.29, 0.717) is 22.5 Å². The van der Waals surface area contributed by atoms with E-state index in [9.17, 15) is 19.2 Å². The minimum atomic E-state index is -0.475. The van der Waals surface area contributed by atoms with E-state index >= 15 is 0 Å². The molecule has 0 aliphatic rings. The lowest BCUT2D eigenvalue weighted by atomic mass is 10.2. The molecule has 2 aromatic carbocycles. The number of amides is 2. The van der Waals surface area contributed by atoms with Gasteiger partial charge in [0.05, 0.1) is 24.8 Å². The van der Waals surface area contributed by atoms with Crippen LogP contribution in [0.5, 0.6) is 0 Å². The monoisotopic (exact) mass is 398 g/mol. The summed E-state index contributed by atoms with van der Waals surface area (Å²) in [6, 6.07) is 12.4. The second kappa shape index (κ2) is 10.0. The topological polar surface area (TPSA) is 102 Å². The number of nitrogens with one attached hydrogen (secondary N) is 1. The van der Waals surface area contributed by atoms with Crippen LogP contribution in [0.1, 0.15) is 34.6 Å². The third kappa shape index (κ3) is 5.90. The molecular formula is C21H22N2O6. The Balaban J connectivity index is 2.06. The van der Waals surface area contributed by atoms with E-state index in [1.165, 1.54) is 43.2 Å². The van der Waals surface area contributed by atoms with Crippen LogP contribution in [0.25, 0.3) is 0 Å². The molecule has 8 nitrogen and oxygen atoms in total. The summed E-state index contributed by atoms with van der Waals surface area (Å²) in [5.74, 6) is -1.68. The summed E-state index contributed by atoms with van der Waals surface area (Å²) in [5.41, 5.74) is 1.66. The van der Waals surface area contributed by atoms with Gasteiger partial charge in [-0.05, 0) is 55.5 Å². The Bertz CT molecular complexity index is 890. The van der Waals surface area contributed by atoms with E-state index in [0.717, 1.165) is 0 Å². The van der Waals surface area contributed by atoms with Gasteiger partial charge in [-0.3, -0.25) is 9.59 Å². The van der Waals surface area contributed by atoms with Crippen molar-refractivity contribution in [3.05, 3.63) is 59.7 Å². The fourth-order valence-electron chi connectivity index (χ4n) is 2.53. The van der Waals surface area contributed by atoms with Gasteiger partial charge in [-0.2, -0.15) is 0 Å². The number of carbonyl (C=O) groups is 4. The first-order valence-electron chi connectivity index (χ1n) is 8.89. The fraction of sp³-hybridized carbons (Fsp3) is 0.238. The Morgan fingerprint density at radius 3 is 1.97 bits per heavy atom. The third-order valence-electron chi connectivity index (χ3n) is 3.96. The van der Waals surface area contributed by atoms with Crippen LogP contribution < -0.4 is 10.2 Å². The van der Waals surface area contributed by atoms with E-state index in [1.54, 1.807) is 31.2 Å². The molecule has 0 heterocycles. The molecule has 0 radical (unpaired) electrons. The predicted octanol–water partition coefficient (Wildman–Crippen LogP) is 2.64. The summed E-state index contributed by atoms with van der Waals surface area (Å²) in [6.45, 7) is 3.11. The molecule has 0 aliphatic carbocycles. The molecule has 0 aliphatic heterocycles. The average Bonchev–Trinajstić information content (AvgIpc) is 2.72. The molecule has 0 unspecified atom stereocenters. The molecular weight excluding hydrogens is 376 g/mol.